The smallest absolute Gasteiger partial charge is 0.350 e. The van der Waals surface area contributed by atoms with E-state index < -0.39 is 11.9 Å². The van der Waals surface area contributed by atoms with Crippen LogP contribution in [0.1, 0.15) is 30.5 Å². The highest BCUT2D eigenvalue weighted by Gasteiger charge is 2.26. The van der Waals surface area contributed by atoms with Crippen LogP contribution < -0.4 is 10.6 Å². The van der Waals surface area contributed by atoms with E-state index in [2.05, 4.69) is 15.4 Å². The van der Waals surface area contributed by atoms with Crippen LogP contribution in [0.15, 0.2) is 16.8 Å². The minimum atomic E-state index is -0.509. The summed E-state index contributed by atoms with van der Waals surface area (Å²) < 4.78 is 9.53. The topological polar surface area (TPSA) is 111 Å². The Morgan fingerprint density at radius 1 is 0.968 bits per heavy atom. The number of thiophene rings is 2. The summed E-state index contributed by atoms with van der Waals surface area (Å²) in [6.07, 6.45) is 0. The molecule has 168 valence electrons. The Morgan fingerprint density at radius 3 is 2.26 bits per heavy atom. The van der Waals surface area contributed by atoms with E-state index in [4.69, 9.17) is 4.74 Å². The average molecular weight is 469 g/mol. The predicted molar refractivity (Wildman–Crippen MR) is 118 cm³/mol. The second-order valence-corrected chi connectivity index (χ2v) is 9.29. The van der Waals surface area contributed by atoms with E-state index in [-0.39, 0.29) is 35.9 Å². The van der Waals surface area contributed by atoms with Gasteiger partial charge in [0, 0.05) is 6.54 Å². The molecular weight excluding hydrogens is 442 g/mol. The monoisotopic (exact) mass is 468 g/mol. The minimum Gasteiger partial charge on any atom is -0.465 e. The summed E-state index contributed by atoms with van der Waals surface area (Å²) >= 11 is 2.45. The van der Waals surface area contributed by atoms with Gasteiger partial charge in [-0.1, -0.05) is 0 Å². The van der Waals surface area contributed by atoms with E-state index in [1.807, 2.05) is 0 Å². The number of ether oxygens (including phenoxy) is 2. The molecule has 9 nitrogen and oxygen atoms in total. The highest BCUT2D eigenvalue weighted by molar-refractivity contribution is 7.13. The van der Waals surface area contributed by atoms with Crippen LogP contribution in [-0.4, -0.2) is 69.6 Å². The third-order valence-corrected chi connectivity index (χ3v) is 6.32. The zero-order valence-corrected chi connectivity index (χ0v) is 19.7. The molecule has 0 aliphatic carbocycles. The van der Waals surface area contributed by atoms with Crippen LogP contribution in [0, 0.1) is 6.92 Å². The zero-order chi connectivity index (χ0) is 23.2. The molecule has 2 N–H and O–H groups in total. The van der Waals surface area contributed by atoms with E-state index >= 15 is 0 Å². The standard InChI is InChI=1S/C20H25N3O6S2/c1-12-10-31-18(20(27)29-5)17(12)22-16(25)9-23(2,3)8-15(24)21-7-13-6-14(30-11-13)19(26)28-4/h6,10-11H,7-9H2,1-5H3,(H-,21,22,24,25,27)/p+1. The molecule has 0 radical (unpaired) electrons. The van der Waals surface area contributed by atoms with Crippen molar-refractivity contribution in [1.29, 1.82) is 0 Å². The third-order valence-electron chi connectivity index (χ3n) is 4.28. The molecule has 0 atom stereocenters. The molecule has 0 saturated heterocycles. The Balaban J connectivity index is 1.89. The Hall–Kier alpha value is -2.76. The number of carbonyl (C=O) groups is 4. The van der Waals surface area contributed by atoms with Crippen molar-refractivity contribution >= 4 is 52.1 Å². The lowest BCUT2D eigenvalue weighted by Gasteiger charge is -2.28. The van der Waals surface area contributed by atoms with Crippen molar-refractivity contribution in [2.45, 2.75) is 13.5 Å². The average Bonchev–Trinajstić information content (AvgIpc) is 3.31. The summed E-state index contributed by atoms with van der Waals surface area (Å²) in [4.78, 5) is 49.1. The van der Waals surface area contributed by atoms with E-state index in [1.165, 1.54) is 36.9 Å². The lowest BCUT2D eigenvalue weighted by Crippen LogP contribution is -2.51. The Kier molecular flexibility index (Phi) is 8.31. The van der Waals surface area contributed by atoms with E-state index in [9.17, 15) is 19.2 Å². The lowest BCUT2D eigenvalue weighted by molar-refractivity contribution is -0.874. The van der Waals surface area contributed by atoms with Gasteiger partial charge < -0.3 is 24.6 Å². The maximum absolute atomic E-state index is 12.5. The molecule has 2 aromatic rings. The van der Waals surface area contributed by atoms with Gasteiger partial charge in [0.15, 0.2) is 13.1 Å². The summed E-state index contributed by atoms with van der Waals surface area (Å²) in [5.41, 5.74) is 2.00. The largest absolute Gasteiger partial charge is 0.465 e. The first kappa shape index (κ1) is 24.5. The van der Waals surface area contributed by atoms with Crippen LogP contribution in [0.3, 0.4) is 0 Å². The van der Waals surface area contributed by atoms with Crippen molar-refractivity contribution in [1.82, 2.24) is 5.32 Å². The molecule has 0 spiro atoms. The highest BCUT2D eigenvalue weighted by Crippen LogP contribution is 2.28. The second kappa shape index (κ2) is 10.5. The highest BCUT2D eigenvalue weighted by atomic mass is 32.1. The first-order valence-electron chi connectivity index (χ1n) is 9.27. The molecule has 2 rings (SSSR count). The summed E-state index contributed by atoms with van der Waals surface area (Å²) in [7, 11) is 6.13. The van der Waals surface area contributed by atoms with Gasteiger partial charge in [0.1, 0.15) is 9.75 Å². The van der Waals surface area contributed by atoms with E-state index in [1.54, 1.807) is 37.8 Å². The van der Waals surface area contributed by atoms with Crippen LogP contribution in [0.2, 0.25) is 0 Å². The lowest BCUT2D eigenvalue weighted by atomic mass is 10.2. The molecule has 2 heterocycles. The van der Waals surface area contributed by atoms with Gasteiger partial charge in [-0.25, -0.2) is 9.59 Å². The Morgan fingerprint density at radius 2 is 1.61 bits per heavy atom. The molecule has 0 saturated carbocycles. The molecule has 0 fully saturated rings. The number of hydrogen-bond donors (Lipinski definition) is 2. The number of esters is 2. The molecular formula is C20H26N3O6S2+. The summed E-state index contributed by atoms with van der Waals surface area (Å²) in [5, 5.41) is 9.10. The number of likely N-dealkylation sites (N-methyl/N-ethyl adjacent to an activating group) is 1. The number of nitrogens with zero attached hydrogens (tertiary/aromatic N) is 1. The van der Waals surface area contributed by atoms with Crippen LogP contribution in [0.4, 0.5) is 5.69 Å². The van der Waals surface area contributed by atoms with Crippen molar-refractivity contribution in [3.8, 4) is 0 Å². The Labute approximate surface area is 188 Å². The number of methoxy groups -OCH3 is 2. The van der Waals surface area contributed by atoms with E-state index in [0.717, 1.165) is 11.1 Å². The molecule has 0 unspecified atom stereocenters. The summed E-state index contributed by atoms with van der Waals surface area (Å²) in [5.74, 6) is -1.47. The van der Waals surface area contributed by atoms with Gasteiger partial charge >= 0.3 is 11.9 Å². The fourth-order valence-corrected chi connectivity index (χ4v) is 4.54. The Bertz CT molecular complexity index is 979. The number of nitrogens with one attached hydrogen (secondary N) is 2. The van der Waals surface area contributed by atoms with Gasteiger partial charge in [0.2, 0.25) is 0 Å². The normalized spacial score (nSPS) is 11.0. The predicted octanol–water partition coefficient (Wildman–Crippen LogP) is 2.02. The van der Waals surface area contributed by atoms with Crippen molar-refractivity contribution in [2.75, 3.05) is 46.7 Å². The number of quaternary nitrogens is 1. The molecule has 0 aromatic carbocycles. The quantitative estimate of drug-likeness (QED) is 0.430. The molecule has 11 heteroatoms. The van der Waals surface area contributed by atoms with Crippen molar-refractivity contribution in [3.05, 3.63) is 37.7 Å². The maximum atomic E-state index is 12.5. The zero-order valence-electron chi connectivity index (χ0n) is 18.1. The van der Waals surface area contributed by atoms with Gasteiger partial charge in [0.05, 0.1) is 34.0 Å². The van der Waals surface area contributed by atoms with Crippen LogP contribution in [0.25, 0.3) is 0 Å². The van der Waals surface area contributed by atoms with Crippen molar-refractivity contribution in [3.63, 3.8) is 0 Å². The number of amides is 2. The number of rotatable bonds is 9. The molecule has 31 heavy (non-hydrogen) atoms. The van der Waals surface area contributed by atoms with Crippen molar-refractivity contribution in [2.24, 2.45) is 0 Å². The number of carbonyl (C=O) groups excluding carboxylic acids is 4. The number of anilines is 1. The summed E-state index contributed by atoms with van der Waals surface area (Å²) in [6, 6.07) is 1.67. The molecule has 0 aliphatic rings. The molecule has 2 aromatic heterocycles. The van der Waals surface area contributed by atoms with E-state index in [0.29, 0.717) is 15.4 Å². The van der Waals surface area contributed by atoms with Gasteiger partial charge in [-0.3, -0.25) is 9.59 Å². The van der Waals surface area contributed by atoms with Crippen LogP contribution >= 0.6 is 22.7 Å². The third kappa shape index (κ3) is 6.88. The molecule has 0 bridgehead atoms. The fourth-order valence-electron chi connectivity index (χ4n) is 2.79. The SMILES string of the molecule is COC(=O)c1cc(CNC(=O)C[N+](C)(C)CC(=O)Nc2c(C)csc2C(=O)OC)cs1. The molecule has 2 amide bonds. The maximum Gasteiger partial charge on any atom is 0.350 e. The van der Waals surface area contributed by atoms with Crippen LogP contribution in [-0.2, 0) is 25.6 Å². The fraction of sp³-hybridized carbons (Fsp3) is 0.400. The summed E-state index contributed by atoms with van der Waals surface area (Å²) in [6.45, 7) is 2.18. The first-order chi connectivity index (χ1) is 14.6. The number of aryl methyl sites for hydroxylation is 1. The first-order valence-corrected chi connectivity index (χ1v) is 11.0. The van der Waals surface area contributed by atoms with Crippen molar-refractivity contribution < 1.29 is 33.1 Å². The van der Waals surface area contributed by atoms with Gasteiger partial charge in [-0.05, 0) is 34.9 Å². The molecule has 0 aliphatic heterocycles. The van der Waals surface area contributed by atoms with Gasteiger partial charge in [-0.15, -0.1) is 22.7 Å². The van der Waals surface area contributed by atoms with Gasteiger partial charge in [-0.2, -0.15) is 0 Å². The van der Waals surface area contributed by atoms with Gasteiger partial charge in [0.25, 0.3) is 11.8 Å². The van der Waals surface area contributed by atoms with Crippen LogP contribution in [0.5, 0.6) is 0 Å². The number of hydrogen-bond acceptors (Lipinski definition) is 8. The second-order valence-electron chi connectivity index (χ2n) is 7.50. The minimum absolute atomic E-state index is 0.0360.